The Morgan fingerprint density at radius 2 is 1.85 bits per heavy atom. The molecule has 0 saturated carbocycles. The van der Waals surface area contributed by atoms with Crippen LogP contribution < -0.4 is 0 Å². The molecule has 0 bridgehead atoms. The van der Waals surface area contributed by atoms with Gasteiger partial charge in [-0.05, 0) is 17.0 Å². The van der Waals surface area contributed by atoms with E-state index in [-0.39, 0.29) is 5.41 Å². The van der Waals surface area contributed by atoms with Crippen LogP contribution in [-0.2, 0) is 5.41 Å². The Balaban J connectivity index is 2.55. The van der Waals surface area contributed by atoms with Crippen molar-refractivity contribution in [2.24, 2.45) is 5.92 Å². The third-order valence-corrected chi connectivity index (χ3v) is 3.35. The van der Waals surface area contributed by atoms with Crippen molar-refractivity contribution < 1.29 is 0 Å². The molecule has 2 rings (SSSR count). The van der Waals surface area contributed by atoms with Crippen LogP contribution in [0.25, 0.3) is 6.08 Å². The van der Waals surface area contributed by atoms with E-state index in [1.165, 1.54) is 11.1 Å². The minimum Gasteiger partial charge on any atom is -0.0733 e. The minimum atomic E-state index is 0.247. The summed E-state index contributed by atoms with van der Waals surface area (Å²) in [6, 6.07) is 8.68. The lowest BCUT2D eigenvalue weighted by Crippen LogP contribution is -2.24. The molecule has 0 spiro atoms. The Bertz CT molecular complexity index is 347. The van der Waals surface area contributed by atoms with Crippen LogP contribution in [0.15, 0.2) is 30.3 Å². The van der Waals surface area contributed by atoms with Crippen LogP contribution in [-0.4, -0.2) is 0 Å². The van der Waals surface area contributed by atoms with Gasteiger partial charge in [0.25, 0.3) is 0 Å². The molecule has 0 saturated heterocycles. The SMILES string of the molecule is CC(C)C1(C)C=Cc2ccccc21. The number of hydrogen-bond donors (Lipinski definition) is 0. The molecule has 0 fully saturated rings. The van der Waals surface area contributed by atoms with Crippen molar-refractivity contribution in [1.82, 2.24) is 0 Å². The molecular formula is C13H16. The van der Waals surface area contributed by atoms with Gasteiger partial charge in [-0.3, -0.25) is 0 Å². The average molecular weight is 172 g/mol. The highest BCUT2D eigenvalue weighted by atomic mass is 14.4. The summed E-state index contributed by atoms with van der Waals surface area (Å²) >= 11 is 0. The third kappa shape index (κ3) is 1.13. The van der Waals surface area contributed by atoms with E-state index in [0.29, 0.717) is 5.92 Å². The van der Waals surface area contributed by atoms with E-state index in [9.17, 15) is 0 Å². The first-order valence-electron chi connectivity index (χ1n) is 4.93. The normalized spacial score (nSPS) is 25.2. The van der Waals surface area contributed by atoms with Gasteiger partial charge in [-0.25, -0.2) is 0 Å². The van der Waals surface area contributed by atoms with Crippen molar-refractivity contribution in [2.75, 3.05) is 0 Å². The summed E-state index contributed by atoms with van der Waals surface area (Å²) < 4.78 is 0. The molecule has 0 nitrogen and oxygen atoms in total. The standard InChI is InChI=1S/C13H16/c1-10(2)13(3)9-8-11-6-4-5-7-12(11)13/h4-10H,1-3H3. The van der Waals surface area contributed by atoms with E-state index in [1.54, 1.807) is 0 Å². The smallest absolute Gasteiger partial charge is 0.0136 e. The molecule has 1 aliphatic carbocycles. The van der Waals surface area contributed by atoms with E-state index in [1.807, 2.05) is 0 Å². The maximum atomic E-state index is 2.34. The van der Waals surface area contributed by atoms with Gasteiger partial charge in [-0.15, -0.1) is 0 Å². The minimum absolute atomic E-state index is 0.247. The van der Waals surface area contributed by atoms with Crippen molar-refractivity contribution in [1.29, 1.82) is 0 Å². The highest BCUT2D eigenvalue weighted by Crippen LogP contribution is 2.40. The van der Waals surface area contributed by atoms with Gasteiger partial charge < -0.3 is 0 Å². The molecule has 0 heterocycles. The Kier molecular flexibility index (Phi) is 1.80. The number of hydrogen-bond acceptors (Lipinski definition) is 0. The Morgan fingerprint density at radius 1 is 1.15 bits per heavy atom. The Morgan fingerprint density at radius 3 is 2.54 bits per heavy atom. The second-order valence-corrected chi connectivity index (χ2v) is 4.36. The fraction of sp³-hybridized carbons (Fsp3) is 0.385. The zero-order valence-electron chi connectivity index (χ0n) is 8.54. The first kappa shape index (κ1) is 8.55. The van der Waals surface area contributed by atoms with Crippen molar-refractivity contribution >= 4 is 6.08 Å². The molecule has 68 valence electrons. The molecule has 0 radical (unpaired) electrons. The van der Waals surface area contributed by atoms with Gasteiger partial charge in [-0.1, -0.05) is 57.2 Å². The first-order valence-corrected chi connectivity index (χ1v) is 4.93. The predicted octanol–water partition coefficient (Wildman–Crippen LogP) is 3.63. The lowest BCUT2D eigenvalue weighted by Gasteiger charge is -2.28. The fourth-order valence-corrected chi connectivity index (χ4v) is 1.99. The molecule has 1 atom stereocenters. The van der Waals surface area contributed by atoms with Crippen molar-refractivity contribution in [2.45, 2.75) is 26.2 Å². The maximum absolute atomic E-state index is 2.34. The van der Waals surface area contributed by atoms with Crippen molar-refractivity contribution in [3.8, 4) is 0 Å². The van der Waals surface area contributed by atoms with Crippen molar-refractivity contribution in [3.05, 3.63) is 41.5 Å². The highest BCUT2D eigenvalue weighted by molar-refractivity contribution is 5.64. The second-order valence-electron chi connectivity index (χ2n) is 4.36. The summed E-state index contributed by atoms with van der Waals surface area (Å²) in [6.45, 7) is 6.89. The van der Waals surface area contributed by atoms with E-state index in [4.69, 9.17) is 0 Å². The quantitative estimate of drug-likeness (QED) is 0.607. The molecule has 0 aromatic heterocycles. The van der Waals surface area contributed by atoms with Crippen LogP contribution in [0.4, 0.5) is 0 Å². The summed E-state index contributed by atoms with van der Waals surface area (Å²) in [5, 5.41) is 0. The van der Waals surface area contributed by atoms with Gasteiger partial charge >= 0.3 is 0 Å². The van der Waals surface area contributed by atoms with Crippen LogP contribution in [0, 0.1) is 5.92 Å². The molecule has 0 N–H and O–H groups in total. The van der Waals surface area contributed by atoms with Gasteiger partial charge in [0, 0.05) is 5.41 Å². The van der Waals surface area contributed by atoms with Gasteiger partial charge in [0.05, 0.1) is 0 Å². The van der Waals surface area contributed by atoms with Crippen LogP contribution in [0.5, 0.6) is 0 Å². The molecule has 13 heavy (non-hydrogen) atoms. The Labute approximate surface area is 80.3 Å². The number of fused-ring (bicyclic) bond motifs is 1. The van der Waals surface area contributed by atoms with Gasteiger partial charge in [0.2, 0.25) is 0 Å². The van der Waals surface area contributed by atoms with Gasteiger partial charge in [0.1, 0.15) is 0 Å². The monoisotopic (exact) mass is 172 g/mol. The lowest BCUT2D eigenvalue weighted by atomic mass is 9.75. The summed E-state index contributed by atoms with van der Waals surface area (Å²) in [4.78, 5) is 0. The van der Waals surface area contributed by atoms with Gasteiger partial charge in [0.15, 0.2) is 0 Å². The lowest BCUT2D eigenvalue weighted by molar-refractivity contribution is 0.426. The van der Waals surface area contributed by atoms with Crippen LogP contribution in [0.2, 0.25) is 0 Å². The summed E-state index contributed by atoms with van der Waals surface area (Å²) in [5.41, 5.74) is 3.11. The molecule has 1 aliphatic rings. The van der Waals surface area contributed by atoms with Crippen molar-refractivity contribution in [3.63, 3.8) is 0 Å². The average Bonchev–Trinajstić information content (AvgIpc) is 2.47. The number of benzene rings is 1. The van der Waals surface area contributed by atoms with E-state index < -0.39 is 0 Å². The summed E-state index contributed by atoms with van der Waals surface area (Å²) in [7, 11) is 0. The van der Waals surface area contributed by atoms with E-state index in [2.05, 4.69) is 57.2 Å². The molecule has 0 aliphatic heterocycles. The molecular weight excluding hydrogens is 156 g/mol. The Hall–Kier alpha value is -1.04. The van der Waals surface area contributed by atoms with E-state index >= 15 is 0 Å². The maximum Gasteiger partial charge on any atom is 0.0136 e. The number of allylic oxidation sites excluding steroid dienone is 1. The topological polar surface area (TPSA) is 0 Å². The molecule has 1 aromatic rings. The first-order chi connectivity index (χ1) is 6.14. The summed E-state index contributed by atoms with van der Waals surface area (Å²) in [5.74, 6) is 0.660. The zero-order valence-corrected chi connectivity index (χ0v) is 8.54. The third-order valence-electron chi connectivity index (χ3n) is 3.35. The molecule has 0 amide bonds. The largest absolute Gasteiger partial charge is 0.0733 e. The summed E-state index contributed by atoms with van der Waals surface area (Å²) in [6.07, 6.45) is 4.58. The molecule has 1 unspecified atom stereocenters. The predicted molar refractivity (Wildman–Crippen MR) is 57.7 cm³/mol. The van der Waals surface area contributed by atoms with E-state index in [0.717, 1.165) is 0 Å². The van der Waals surface area contributed by atoms with Crippen LogP contribution in [0.3, 0.4) is 0 Å². The van der Waals surface area contributed by atoms with Crippen LogP contribution in [0.1, 0.15) is 31.9 Å². The number of rotatable bonds is 1. The highest BCUT2D eigenvalue weighted by Gasteiger charge is 2.32. The molecule has 0 heteroatoms. The zero-order chi connectivity index (χ0) is 9.47. The second kappa shape index (κ2) is 2.73. The molecule has 1 aromatic carbocycles. The fourth-order valence-electron chi connectivity index (χ4n) is 1.99. The van der Waals surface area contributed by atoms with Gasteiger partial charge in [-0.2, -0.15) is 0 Å². The van der Waals surface area contributed by atoms with Crippen LogP contribution >= 0.6 is 0 Å².